The van der Waals surface area contributed by atoms with Gasteiger partial charge in [-0.25, -0.2) is 0 Å². The fraction of sp³-hybridized carbons (Fsp3) is 0. The first kappa shape index (κ1) is 21.0. The molecule has 0 saturated carbocycles. The molecule has 0 atom stereocenters. The number of amides is 1. The summed E-state index contributed by atoms with van der Waals surface area (Å²) in [5, 5.41) is 15.4. The molecular formula is C24H16N2O5S. The van der Waals surface area contributed by atoms with E-state index >= 15 is 0 Å². The molecule has 1 amide bonds. The first-order valence-electron chi connectivity index (χ1n) is 9.51. The predicted octanol–water partition coefficient (Wildman–Crippen LogP) is 6.06. The fourth-order valence-electron chi connectivity index (χ4n) is 2.95. The summed E-state index contributed by atoms with van der Waals surface area (Å²) >= 11 is 1.34. The lowest BCUT2D eigenvalue weighted by molar-refractivity contribution is -0.384. The van der Waals surface area contributed by atoms with Crippen LogP contribution in [0.15, 0.2) is 88.7 Å². The number of ketones is 1. The second kappa shape index (κ2) is 9.23. The number of rotatable bonds is 7. The molecule has 158 valence electrons. The summed E-state index contributed by atoms with van der Waals surface area (Å²) in [6.07, 6.45) is 2.94. The van der Waals surface area contributed by atoms with E-state index in [1.165, 1.54) is 29.5 Å². The van der Waals surface area contributed by atoms with E-state index in [2.05, 4.69) is 5.32 Å². The lowest BCUT2D eigenvalue weighted by Gasteiger charge is -2.05. The molecule has 0 aliphatic carbocycles. The molecule has 0 spiro atoms. The van der Waals surface area contributed by atoms with Gasteiger partial charge in [0, 0.05) is 28.9 Å². The van der Waals surface area contributed by atoms with Crippen molar-refractivity contribution in [2.24, 2.45) is 0 Å². The standard InChI is InChI=1S/C24H16N2O5S/c27-21(17-3-1-4-18(15-17)25-24(28)23-5-2-14-32-23)12-10-20-11-13-22(31-20)16-6-8-19(9-7-16)26(29)30/h1-15H,(H,25,28)/b12-10+. The minimum Gasteiger partial charge on any atom is -0.457 e. The zero-order chi connectivity index (χ0) is 22.5. The van der Waals surface area contributed by atoms with Gasteiger partial charge in [-0.1, -0.05) is 18.2 Å². The Morgan fingerprint density at radius 3 is 2.53 bits per heavy atom. The van der Waals surface area contributed by atoms with Gasteiger partial charge >= 0.3 is 0 Å². The molecule has 2 aromatic heterocycles. The van der Waals surface area contributed by atoms with E-state index in [-0.39, 0.29) is 17.4 Å². The monoisotopic (exact) mass is 444 g/mol. The number of allylic oxidation sites excluding steroid dienone is 1. The second-order valence-corrected chi connectivity index (χ2v) is 7.66. The first-order valence-corrected chi connectivity index (χ1v) is 10.4. The number of carbonyl (C=O) groups excluding carboxylic acids is 2. The van der Waals surface area contributed by atoms with Crippen molar-refractivity contribution in [3.8, 4) is 11.3 Å². The number of benzene rings is 2. The molecule has 0 unspecified atom stereocenters. The predicted molar refractivity (Wildman–Crippen MR) is 123 cm³/mol. The van der Waals surface area contributed by atoms with Gasteiger partial charge in [-0.05, 0) is 60.0 Å². The first-order chi connectivity index (χ1) is 15.5. The number of thiophene rings is 1. The molecule has 0 aliphatic rings. The Morgan fingerprint density at radius 1 is 1.00 bits per heavy atom. The van der Waals surface area contributed by atoms with Crippen LogP contribution < -0.4 is 5.32 Å². The molecular weight excluding hydrogens is 428 g/mol. The van der Waals surface area contributed by atoms with Crippen molar-refractivity contribution in [2.45, 2.75) is 0 Å². The zero-order valence-electron chi connectivity index (χ0n) is 16.6. The van der Waals surface area contributed by atoms with E-state index in [1.807, 2.05) is 5.38 Å². The van der Waals surface area contributed by atoms with Gasteiger partial charge in [0.2, 0.25) is 0 Å². The number of nitrogens with zero attached hydrogens (tertiary/aromatic N) is 1. The number of nitrogens with one attached hydrogen (secondary N) is 1. The molecule has 7 nitrogen and oxygen atoms in total. The lowest BCUT2D eigenvalue weighted by atomic mass is 10.1. The number of hydrogen-bond acceptors (Lipinski definition) is 6. The molecule has 32 heavy (non-hydrogen) atoms. The molecule has 0 saturated heterocycles. The van der Waals surface area contributed by atoms with Gasteiger partial charge in [0.05, 0.1) is 9.80 Å². The van der Waals surface area contributed by atoms with Gasteiger partial charge in [-0.15, -0.1) is 11.3 Å². The van der Waals surface area contributed by atoms with Crippen molar-refractivity contribution in [1.29, 1.82) is 0 Å². The molecule has 0 fully saturated rings. The SMILES string of the molecule is O=C(/C=C/c1ccc(-c2ccc([N+](=O)[O-])cc2)o1)c1cccc(NC(=O)c2cccs2)c1. The second-order valence-electron chi connectivity index (χ2n) is 6.72. The molecule has 1 N–H and O–H groups in total. The molecule has 0 bridgehead atoms. The van der Waals surface area contributed by atoms with Crippen LogP contribution in [0.4, 0.5) is 11.4 Å². The van der Waals surface area contributed by atoms with Gasteiger partial charge < -0.3 is 9.73 Å². The summed E-state index contributed by atoms with van der Waals surface area (Å²) < 4.78 is 5.71. The highest BCUT2D eigenvalue weighted by Gasteiger charge is 2.10. The van der Waals surface area contributed by atoms with Gasteiger partial charge in [-0.2, -0.15) is 0 Å². The molecule has 0 radical (unpaired) electrons. The number of anilines is 1. The van der Waals surface area contributed by atoms with Crippen LogP contribution in [0.5, 0.6) is 0 Å². The van der Waals surface area contributed by atoms with Crippen LogP contribution in [0.3, 0.4) is 0 Å². The van der Waals surface area contributed by atoms with Crippen LogP contribution >= 0.6 is 11.3 Å². The summed E-state index contributed by atoms with van der Waals surface area (Å²) in [4.78, 5) is 35.6. The van der Waals surface area contributed by atoms with Crippen molar-refractivity contribution in [2.75, 3.05) is 5.32 Å². The Hall–Kier alpha value is -4.30. The van der Waals surface area contributed by atoms with Gasteiger partial charge in [0.1, 0.15) is 11.5 Å². The Morgan fingerprint density at radius 2 is 1.81 bits per heavy atom. The largest absolute Gasteiger partial charge is 0.457 e. The third-order valence-corrected chi connectivity index (χ3v) is 5.41. The smallest absolute Gasteiger partial charge is 0.269 e. The average Bonchev–Trinajstić information content (AvgIpc) is 3.50. The van der Waals surface area contributed by atoms with Crippen molar-refractivity contribution < 1.29 is 18.9 Å². The minimum atomic E-state index is -0.464. The number of non-ortho nitro benzene ring substituents is 1. The summed E-state index contributed by atoms with van der Waals surface area (Å²) in [7, 11) is 0. The van der Waals surface area contributed by atoms with Crippen LogP contribution in [0.2, 0.25) is 0 Å². The van der Waals surface area contributed by atoms with E-state index in [0.717, 1.165) is 0 Å². The molecule has 0 aliphatic heterocycles. The van der Waals surface area contributed by atoms with Crippen LogP contribution in [0.25, 0.3) is 17.4 Å². The van der Waals surface area contributed by atoms with E-state index in [0.29, 0.717) is 33.2 Å². The number of nitro benzene ring substituents is 1. The van der Waals surface area contributed by atoms with Crippen LogP contribution in [0.1, 0.15) is 25.8 Å². The molecule has 2 heterocycles. The summed E-state index contributed by atoms with van der Waals surface area (Å²) in [5.74, 6) is 0.527. The maximum absolute atomic E-state index is 12.6. The topological polar surface area (TPSA) is 102 Å². The number of furan rings is 1. The van der Waals surface area contributed by atoms with Crippen LogP contribution in [-0.2, 0) is 0 Å². The highest BCUT2D eigenvalue weighted by Crippen LogP contribution is 2.25. The molecule has 4 aromatic rings. The van der Waals surface area contributed by atoms with Gasteiger partial charge in [0.25, 0.3) is 11.6 Å². The Bertz CT molecular complexity index is 1300. The fourth-order valence-corrected chi connectivity index (χ4v) is 3.57. The van der Waals surface area contributed by atoms with E-state index in [9.17, 15) is 19.7 Å². The molecule has 2 aromatic carbocycles. The van der Waals surface area contributed by atoms with Crippen LogP contribution in [-0.4, -0.2) is 16.6 Å². The summed E-state index contributed by atoms with van der Waals surface area (Å²) in [6, 6.07) is 19.7. The van der Waals surface area contributed by atoms with Gasteiger partial charge in [-0.3, -0.25) is 19.7 Å². The Balaban J connectivity index is 1.43. The maximum Gasteiger partial charge on any atom is 0.269 e. The van der Waals surface area contributed by atoms with Crippen molar-refractivity contribution in [3.05, 3.63) is 111 Å². The number of hydrogen-bond donors (Lipinski definition) is 1. The van der Waals surface area contributed by atoms with Gasteiger partial charge in [0.15, 0.2) is 5.78 Å². The van der Waals surface area contributed by atoms with Crippen molar-refractivity contribution in [3.63, 3.8) is 0 Å². The lowest BCUT2D eigenvalue weighted by Crippen LogP contribution is -2.10. The summed E-state index contributed by atoms with van der Waals surface area (Å²) in [5.41, 5.74) is 1.64. The van der Waals surface area contributed by atoms with Crippen LogP contribution in [0, 0.1) is 10.1 Å². The third kappa shape index (κ3) is 4.88. The Kier molecular flexibility index (Phi) is 6.05. The maximum atomic E-state index is 12.6. The quantitative estimate of drug-likeness (QED) is 0.161. The van der Waals surface area contributed by atoms with E-state index < -0.39 is 4.92 Å². The third-order valence-electron chi connectivity index (χ3n) is 4.54. The molecule has 4 rings (SSSR count). The highest BCUT2D eigenvalue weighted by molar-refractivity contribution is 7.12. The zero-order valence-corrected chi connectivity index (χ0v) is 17.4. The summed E-state index contributed by atoms with van der Waals surface area (Å²) in [6.45, 7) is 0. The minimum absolute atomic E-state index is 0.000157. The van der Waals surface area contributed by atoms with E-state index in [4.69, 9.17) is 4.42 Å². The average molecular weight is 444 g/mol. The number of nitro groups is 1. The molecule has 8 heteroatoms. The van der Waals surface area contributed by atoms with Crippen molar-refractivity contribution in [1.82, 2.24) is 0 Å². The highest BCUT2D eigenvalue weighted by atomic mass is 32.1. The van der Waals surface area contributed by atoms with E-state index in [1.54, 1.807) is 66.7 Å². The normalized spacial score (nSPS) is 10.9. The van der Waals surface area contributed by atoms with Crippen molar-refractivity contribution >= 4 is 40.5 Å². The number of carbonyl (C=O) groups is 2. The Labute approximate surface area is 186 Å².